The highest BCUT2D eigenvalue weighted by molar-refractivity contribution is 6.07. The van der Waals surface area contributed by atoms with E-state index in [-0.39, 0.29) is 13.2 Å². The second-order valence-corrected chi connectivity index (χ2v) is 4.35. The van der Waals surface area contributed by atoms with Crippen molar-refractivity contribution in [3.8, 4) is 0 Å². The van der Waals surface area contributed by atoms with Gasteiger partial charge in [0.1, 0.15) is 6.61 Å². The van der Waals surface area contributed by atoms with E-state index in [2.05, 4.69) is 5.32 Å². The van der Waals surface area contributed by atoms with Crippen molar-refractivity contribution in [2.24, 2.45) is 0 Å². The maximum Gasteiger partial charge on any atom is 0.410 e. The summed E-state index contributed by atoms with van der Waals surface area (Å²) in [5.74, 6) is -1.72. The summed E-state index contributed by atoms with van der Waals surface area (Å²) in [7, 11) is 1.12. The predicted octanol–water partition coefficient (Wildman–Crippen LogP) is 1.41. The third-order valence-electron chi connectivity index (χ3n) is 2.86. The van der Waals surface area contributed by atoms with Gasteiger partial charge in [0.2, 0.25) is 0 Å². The third kappa shape index (κ3) is 4.29. The molecule has 1 atom stereocenters. The van der Waals surface area contributed by atoms with E-state index >= 15 is 0 Å². The number of alkyl carbamates (subject to hydrolysis) is 1. The Bertz CT molecular complexity index is 530. The van der Waals surface area contributed by atoms with Crippen LogP contribution in [0.3, 0.4) is 0 Å². The van der Waals surface area contributed by atoms with E-state index in [0.717, 1.165) is 19.6 Å². The fourth-order valence-electron chi connectivity index (χ4n) is 1.70. The molecule has 1 aromatic rings. The average Bonchev–Trinajstić information content (AvgIpc) is 2.51. The Morgan fingerprint density at radius 1 is 1.14 bits per heavy atom. The molecule has 1 unspecified atom stereocenters. The predicted molar refractivity (Wildman–Crippen MR) is 76.8 cm³/mol. The van der Waals surface area contributed by atoms with Crippen LogP contribution in [0.5, 0.6) is 0 Å². The number of ether oxygens (including phenoxy) is 3. The average molecular weight is 309 g/mol. The first-order valence-electron chi connectivity index (χ1n) is 6.68. The van der Waals surface area contributed by atoms with Crippen LogP contribution in [-0.2, 0) is 30.4 Å². The van der Waals surface area contributed by atoms with Gasteiger partial charge in [-0.15, -0.1) is 0 Å². The molecule has 0 spiro atoms. The summed E-state index contributed by atoms with van der Waals surface area (Å²) in [4.78, 5) is 35.5. The molecule has 0 saturated heterocycles. The highest BCUT2D eigenvalue weighted by Crippen LogP contribution is 2.12. The van der Waals surface area contributed by atoms with Crippen molar-refractivity contribution < 1.29 is 28.6 Å². The summed E-state index contributed by atoms with van der Waals surface area (Å²) in [5, 5.41) is 2.13. The van der Waals surface area contributed by atoms with Crippen molar-refractivity contribution in [3.05, 3.63) is 35.9 Å². The van der Waals surface area contributed by atoms with Crippen molar-refractivity contribution in [3.63, 3.8) is 0 Å². The van der Waals surface area contributed by atoms with Gasteiger partial charge in [-0.3, -0.25) is 10.1 Å². The van der Waals surface area contributed by atoms with Crippen LogP contribution in [-0.4, -0.2) is 37.3 Å². The van der Waals surface area contributed by atoms with E-state index < -0.39 is 23.6 Å². The van der Waals surface area contributed by atoms with Crippen molar-refractivity contribution in [2.75, 3.05) is 13.7 Å². The van der Waals surface area contributed by atoms with E-state index in [9.17, 15) is 14.4 Å². The molecular weight excluding hydrogens is 290 g/mol. The minimum Gasteiger partial charge on any atom is -0.462 e. The fourth-order valence-corrected chi connectivity index (χ4v) is 1.70. The van der Waals surface area contributed by atoms with Crippen LogP contribution in [0, 0.1) is 0 Å². The number of hydrogen-bond acceptors (Lipinski definition) is 6. The SMILES string of the molecule is CCOC(=O)C(NC(=O)OCc1ccccc1)(OC)C(C)=O. The number of nitrogens with one attached hydrogen (secondary N) is 1. The molecule has 0 aliphatic carbocycles. The molecule has 0 fully saturated rings. The number of hydrogen-bond donors (Lipinski definition) is 1. The van der Waals surface area contributed by atoms with Gasteiger partial charge >= 0.3 is 17.8 Å². The smallest absolute Gasteiger partial charge is 0.410 e. The minimum absolute atomic E-state index is 0.00675. The molecule has 120 valence electrons. The van der Waals surface area contributed by atoms with Crippen LogP contribution >= 0.6 is 0 Å². The number of ketones is 1. The van der Waals surface area contributed by atoms with Gasteiger partial charge in [0.15, 0.2) is 5.78 Å². The van der Waals surface area contributed by atoms with Crippen LogP contribution in [0.25, 0.3) is 0 Å². The second kappa shape index (κ2) is 8.14. The quantitative estimate of drug-likeness (QED) is 0.465. The minimum atomic E-state index is -2.20. The summed E-state index contributed by atoms with van der Waals surface area (Å²) in [6.45, 7) is 2.72. The van der Waals surface area contributed by atoms with Gasteiger partial charge in [0, 0.05) is 14.0 Å². The summed E-state index contributed by atoms with van der Waals surface area (Å²) < 4.78 is 14.6. The lowest BCUT2D eigenvalue weighted by atomic mass is 10.1. The molecule has 0 radical (unpaired) electrons. The number of methoxy groups -OCH3 is 1. The van der Waals surface area contributed by atoms with Gasteiger partial charge < -0.3 is 14.2 Å². The van der Waals surface area contributed by atoms with E-state index in [1.165, 1.54) is 0 Å². The van der Waals surface area contributed by atoms with Gasteiger partial charge in [0.25, 0.3) is 0 Å². The lowest BCUT2D eigenvalue weighted by Crippen LogP contribution is -2.61. The summed E-state index contributed by atoms with van der Waals surface area (Å²) in [6, 6.07) is 8.96. The standard InChI is InChI=1S/C15H19NO6/c1-4-21-13(18)15(20-3,11(2)17)16-14(19)22-10-12-8-6-5-7-9-12/h5-9H,4,10H2,1-3H3,(H,16,19). The van der Waals surface area contributed by atoms with Crippen LogP contribution in [0.2, 0.25) is 0 Å². The molecule has 7 heteroatoms. The summed E-state index contributed by atoms with van der Waals surface area (Å²) >= 11 is 0. The van der Waals surface area contributed by atoms with E-state index in [4.69, 9.17) is 14.2 Å². The summed E-state index contributed by atoms with van der Waals surface area (Å²) in [6.07, 6.45) is -0.964. The lowest BCUT2D eigenvalue weighted by molar-refractivity contribution is -0.176. The molecule has 0 aliphatic rings. The monoisotopic (exact) mass is 309 g/mol. The molecule has 1 amide bonds. The van der Waals surface area contributed by atoms with E-state index in [1.54, 1.807) is 31.2 Å². The summed E-state index contributed by atoms with van der Waals surface area (Å²) in [5.41, 5.74) is -1.44. The first-order chi connectivity index (χ1) is 10.5. The van der Waals surface area contributed by atoms with Gasteiger partial charge in [-0.25, -0.2) is 9.59 Å². The molecule has 7 nitrogen and oxygen atoms in total. The van der Waals surface area contributed by atoms with Crippen LogP contribution in [0.1, 0.15) is 19.4 Å². The number of esters is 1. The molecule has 0 bridgehead atoms. The van der Waals surface area contributed by atoms with Crippen molar-refractivity contribution in [1.29, 1.82) is 0 Å². The number of carbonyl (C=O) groups is 3. The number of carbonyl (C=O) groups excluding carboxylic acids is 3. The number of amides is 1. The molecule has 0 heterocycles. The first kappa shape index (κ1) is 17.6. The Morgan fingerprint density at radius 2 is 1.77 bits per heavy atom. The highest BCUT2D eigenvalue weighted by Gasteiger charge is 2.47. The molecular formula is C15H19NO6. The number of Topliss-reactive ketones (excluding diaryl/α,β-unsaturated/α-hetero) is 1. The zero-order valence-electron chi connectivity index (χ0n) is 12.8. The molecule has 1 rings (SSSR count). The Kier molecular flexibility index (Phi) is 6.52. The van der Waals surface area contributed by atoms with Gasteiger partial charge in [0.05, 0.1) is 6.61 Å². The first-order valence-corrected chi connectivity index (χ1v) is 6.68. The number of benzene rings is 1. The lowest BCUT2D eigenvalue weighted by Gasteiger charge is -2.27. The van der Waals surface area contributed by atoms with E-state index in [0.29, 0.717) is 0 Å². The van der Waals surface area contributed by atoms with Crippen LogP contribution in [0.4, 0.5) is 4.79 Å². The van der Waals surface area contributed by atoms with Gasteiger partial charge in [-0.1, -0.05) is 30.3 Å². The molecule has 0 saturated carbocycles. The zero-order valence-corrected chi connectivity index (χ0v) is 12.8. The second-order valence-electron chi connectivity index (χ2n) is 4.35. The maximum atomic E-state index is 11.9. The van der Waals surface area contributed by atoms with Crippen LogP contribution in [0.15, 0.2) is 30.3 Å². The molecule has 0 aromatic heterocycles. The zero-order chi connectivity index (χ0) is 16.6. The van der Waals surface area contributed by atoms with E-state index in [1.807, 2.05) is 6.07 Å². The Balaban J connectivity index is 2.75. The number of rotatable bonds is 7. The molecule has 1 N–H and O–H groups in total. The molecule has 0 aliphatic heterocycles. The van der Waals surface area contributed by atoms with Gasteiger partial charge in [-0.05, 0) is 12.5 Å². The topological polar surface area (TPSA) is 90.9 Å². The Labute approximate surface area is 128 Å². The Hall–Kier alpha value is -2.41. The van der Waals surface area contributed by atoms with Crippen molar-refractivity contribution >= 4 is 17.8 Å². The van der Waals surface area contributed by atoms with Crippen molar-refractivity contribution in [2.45, 2.75) is 26.2 Å². The van der Waals surface area contributed by atoms with Gasteiger partial charge in [-0.2, -0.15) is 0 Å². The highest BCUT2D eigenvalue weighted by atomic mass is 16.6. The van der Waals surface area contributed by atoms with Crippen molar-refractivity contribution in [1.82, 2.24) is 5.32 Å². The Morgan fingerprint density at radius 3 is 2.27 bits per heavy atom. The fraction of sp³-hybridized carbons (Fsp3) is 0.400. The van der Waals surface area contributed by atoms with Crippen LogP contribution < -0.4 is 5.32 Å². The largest absolute Gasteiger partial charge is 0.462 e. The molecule has 1 aromatic carbocycles. The normalized spacial score (nSPS) is 12.9. The maximum absolute atomic E-state index is 11.9. The molecule has 22 heavy (non-hydrogen) atoms. The third-order valence-corrected chi connectivity index (χ3v) is 2.86.